The molecule has 118 valence electrons. The zero-order valence-electron chi connectivity index (χ0n) is 12.6. The van der Waals surface area contributed by atoms with Crippen molar-refractivity contribution in [3.8, 4) is 0 Å². The van der Waals surface area contributed by atoms with Crippen LogP contribution in [-0.4, -0.2) is 29.9 Å². The van der Waals surface area contributed by atoms with Crippen LogP contribution in [0, 0.1) is 0 Å². The number of nitrogens with one attached hydrogen (secondary N) is 1. The molecule has 0 atom stereocenters. The normalized spacial score (nSPS) is 11.8. The number of anilines is 1. The van der Waals surface area contributed by atoms with Crippen LogP contribution in [0.4, 0.5) is 5.69 Å². The van der Waals surface area contributed by atoms with E-state index in [2.05, 4.69) is 17.0 Å². The van der Waals surface area contributed by atoms with Crippen molar-refractivity contribution in [1.29, 1.82) is 0 Å². The summed E-state index contributed by atoms with van der Waals surface area (Å²) in [5.74, 6) is -0.586. The zero-order valence-corrected chi connectivity index (χ0v) is 13.4. The summed E-state index contributed by atoms with van der Waals surface area (Å²) >= 11 is 0. The molecule has 0 fully saturated rings. The van der Waals surface area contributed by atoms with Crippen molar-refractivity contribution >= 4 is 32.3 Å². The van der Waals surface area contributed by atoms with Gasteiger partial charge in [-0.3, -0.25) is 9.48 Å². The second-order valence-electron chi connectivity index (χ2n) is 5.31. The molecule has 0 aliphatic rings. The molecule has 0 saturated heterocycles. The van der Waals surface area contributed by atoms with E-state index in [1.807, 2.05) is 36.9 Å². The molecule has 0 aliphatic heterocycles. The minimum absolute atomic E-state index is 0.0996. The number of carbonyl (C=O) groups is 1. The Hall–Kier alpha value is -2.15. The average Bonchev–Trinajstić information content (AvgIpc) is 2.89. The van der Waals surface area contributed by atoms with E-state index < -0.39 is 9.84 Å². The highest BCUT2D eigenvalue weighted by Gasteiger charge is 2.11. The van der Waals surface area contributed by atoms with Crippen molar-refractivity contribution in [3.05, 3.63) is 36.4 Å². The summed E-state index contributed by atoms with van der Waals surface area (Å²) in [5, 5.41) is 8.91. The van der Waals surface area contributed by atoms with Crippen molar-refractivity contribution in [2.24, 2.45) is 0 Å². The molecule has 0 bridgehead atoms. The number of sulfone groups is 1. The number of hydrogen-bond donors (Lipinski definition) is 1. The summed E-state index contributed by atoms with van der Waals surface area (Å²) < 4.78 is 24.4. The van der Waals surface area contributed by atoms with Crippen LogP contribution < -0.4 is 5.32 Å². The molecule has 0 radical (unpaired) electrons. The third-order valence-corrected chi connectivity index (χ3v) is 4.48. The Morgan fingerprint density at radius 2 is 2.18 bits per heavy atom. The van der Waals surface area contributed by atoms with Crippen LogP contribution in [0.1, 0.15) is 26.3 Å². The van der Waals surface area contributed by atoms with E-state index in [9.17, 15) is 13.2 Å². The number of hydrogen-bond acceptors (Lipinski definition) is 4. The molecular formula is C15H19N3O3S. The first-order valence-electron chi connectivity index (χ1n) is 6.95. The number of fused-ring (bicyclic) bond motifs is 1. The maximum Gasteiger partial charge on any atom is 0.225 e. The number of amides is 1. The molecule has 2 aromatic rings. The van der Waals surface area contributed by atoms with Gasteiger partial charge >= 0.3 is 0 Å². The number of rotatable bonds is 6. The smallest absolute Gasteiger partial charge is 0.225 e. The molecule has 0 unspecified atom stereocenters. The summed E-state index contributed by atoms with van der Waals surface area (Å²) in [6.45, 7) is 7.29. The third kappa shape index (κ3) is 3.94. The lowest BCUT2D eigenvalue weighted by atomic mass is 10.2. The van der Waals surface area contributed by atoms with Crippen molar-refractivity contribution in [1.82, 2.24) is 9.78 Å². The first kappa shape index (κ1) is 16.2. The van der Waals surface area contributed by atoms with Crippen molar-refractivity contribution in [2.75, 3.05) is 11.1 Å². The Kier molecular flexibility index (Phi) is 4.65. The Morgan fingerprint density at radius 3 is 2.82 bits per heavy atom. The number of benzene rings is 1. The first-order chi connectivity index (χ1) is 10.3. The highest BCUT2D eigenvalue weighted by molar-refractivity contribution is 7.94. The fourth-order valence-electron chi connectivity index (χ4n) is 1.93. The van der Waals surface area contributed by atoms with E-state index in [0.29, 0.717) is 5.69 Å². The molecule has 0 spiro atoms. The number of carbonyl (C=O) groups excluding carboxylic acids is 1. The van der Waals surface area contributed by atoms with Crippen LogP contribution >= 0.6 is 0 Å². The molecule has 1 N–H and O–H groups in total. The van der Waals surface area contributed by atoms with Crippen LogP contribution in [0.25, 0.3) is 10.9 Å². The van der Waals surface area contributed by atoms with E-state index >= 15 is 0 Å². The van der Waals surface area contributed by atoms with Crippen LogP contribution in [0.15, 0.2) is 36.4 Å². The van der Waals surface area contributed by atoms with E-state index in [-0.39, 0.29) is 24.1 Å². The molecule has 1 heterocycles. The molecule has 1 aromatic carbocycles. The van der Waals surface area contributed by atoms with Crippen molar-refractivity contribution in [3.63, 3.8) is 0 Å². The predicted octanol–water partition coefficient (Wildman–Crippen LogP) is 2.50. The summed E-state index contributed by atoms with van der Waals surface area (Å²) in [6, 6.07) is 5.65. The van der Waals surface area contributed by atoms with Crippen molar-refractivity contribution < 1.29 is 13.2 Å². The van der Waals surface area contributed by atoms with Crippen molar-refractivity contribution in [2.45, 2.75) is 26.3 Å². The lowest BCUT2D eigenvalue weighted by Crippen LogP contribution is -2.16. The van der Waals surface area contributed by atoms with Gasteiger partial charge in [-0.15, -0.1) is 0 Å². The lowest BCUT2D eigenvalue weighted by molar-refractivity contribution is -0.115. The third-order valence-electron chi connectivity index (χ3n) is 3.20. The van der Waals surface area contributed by atoms with Gasteiger partial charge in [-0.25, -0.2) is 8.42 Å². The summed E-state index contributed by atoms with van der Waals surface area (Å²) in [6.07, 6.45) is 1.81. The van der Waals surface area contributed by atoms with Gasteiger partial charge in [0.15, 0.2) is 9.84 Å². The first-order valence-corrected chi connectivity index (χ1v) is 8.66. The largest absolute Gasteiger partial charge is 0.326 e. The zero-order chi connectivity index (χ0) is 16.3. The van der Waals surface area contributed by atoms with Gasteiger partial charge in [-0.2, -0.15) is 5.10 Å². The maximum atomic E-state index is 11.8. The second kappa shape index (κ2) is 6.31. The minimum Gasteiger partial charge on any atom is -0.326 e. The molecule has 2 rings (SSSR count). The Labute approximate surface area is 129 Å². The van der Waals surface area contributed by atoms with Gasteiger partial charge < -0.3 is 5.32 Å². The Balaban J connectivity index is 2.08. The van der Waals surface area contributed by atoms with Crippen LogP contribution in [-0.2, 0) is 14.6 Å². The van der Waals surface area contributed by atoms with Gasteiger partial charge in [-0.1, -0.05) is 6.58 Å². The Bertz CT molecular complexity index is 807. The molecule has 1 aromatic heterocycles. The molecule has 0 saturated carbocycles. The quantitative estimate of drug-likeness (QED) is 0.886. The molecule has 7 heteroatoms. The molecule has 1 amide bonds. The maximum absolute atomic E-state index is 11.8. The van der Waals surface area contributed by atoms with Crippen LogP contribution in [0.2, 0.25) is 0 Å². The van der Waals surface area contributed by atoms with Gasteiger partial charge in [0.2, 0.25) is 5.91 Å². The molecule has 0 aliphatic carbocycles. The Morgan fingerprint density at radius 1 is 1.45 bits per heavy atom. The minimum atomic E-state index is -3.36. The average molecular weight is 321 g/mol. The SMILES string of the molecule is C=CS(=O)(=O)CCC(=O)Nc1ccc2nn(C(C)C)cc2c1. The fraction of sp³-hybridized carbons (Fsp3) is 0.333. The summed E-state index contributed by atoms with van der Waals surface area (Å²) in [4.78, 5) is 11.8. The number of aromatic nitrogens is 2. The molecular weight excluding hydrogens is 302 g/mol. The number of nitrogens with zero attached hydrogens (tertiary/aromatic N) is 2. The second-order valence-corrected chi connectivity index (χ2v) is 7.38. The van der Waals surface area contributed by atoms with E-state index in [4.69, 9.17) is 0 Å². The topological polar surface area (TPSA) is 81.1 Å². The van der Waals surface area contributed by atoms with E-state index in [1.165, 1.54) is 0 Å². The van der Waals surface area contributed by atoms with Gasteiger partial charge in [0, 0.05) is 35.1 Å². The summed E-state index contributed by atoms with van der Waals surface area (Å²) in [5.41, 5.74) is 1.47. The highest BCUT2D eigenvalue weighted by atomic mass is 32.2. The summed E-state index contributed by atoms with van der Waals surface area (Å²) in [7, 11) is -3.36. The van der Waals surface area contributed by atoms with Gasteiger partial charge in [0.05, 0.1) is 11.3 Å². The monoisotopic (exact) mass is 321 g/mol. The molecule has 6 nitrogen and oxygen atoms in total. The predicted molar refractivity (Wildman–Crippen MR) is 87.3 cm³/mol. The highest BCUT2D eigenvalue weighted by Crippen LogP contribution is 2.20. The van der Waals surface area contributed by atoms with Gasteiger partial charge in [-0.05, 0) is 32.0 Å². The van der Waals surface area contributed by atoms with Gasteiger partial charge in [0.1, 0.15) is 0 Å². The van der Waals surface area contributed by atoms with Crippen LogP contribution in [0.5, 0.6) is 0 Å². The standard InChI is InChI=1S/C15H19N3O3S/c1-4-22(20,21)8-7-15(19)16-13-5-6-14-12(9-13)10-18(17-14)11(2)3/h4-6,9-11H,1,7-8H2,2-3H3,(H,16,19). The fourth-order valence-corrected chi connectivity index (χ4v) is 2.57. The van der Waals surface area contributed by atoms with Gasteiger partial charge in [0.25, 0.3) is 0 Å². The molecule has 22 heavy (non-hydrogen) atoms. The van der Waals surface area contributed by atoms with Crippen LogP contribution in [0.3, 0.4) is 0 Å². The van der Waals surface area contributed by atoms with E-state index in [1.54, 1.807) is 6.07 Å². The lowest BCUT2D eigenvalue weighted by Gasteiger charge is -2.04. The van der Waals surface area contributed by atoms with E-state index in [0.717, 1.165) is 16.3 Å².